The first-order valence-corrected chi connectivity index (χ1v) is 12.1. The summed E-state index contributed by atoms with van der Waals surface area (Å²) in [6.45, 7) is 8.71. The summed E-state index contributed by atoms with van der Waals surface area (Å²) >= 11 is 12.0. The molecule has 0 aliphatic rings. The molecule has 4 nitrogen and oxygen atoms in total. The Balaban J connectivity index is 2.09. The summed E-state index contributed by atoms with van der Waals surface area (Å²) in [6, 6.07) is 14.5. The van der Waals surface area contributed by atoms with E-state index in [4.69, 9.17) is 32.7 Å². The van der Waals surface area contributed by atoms with E-state index in [1.165, 1.54) is 0 Å². The van der Waals surface area contributed by atoms with Crippen molar-refractivity contribution >= 4 is 35.1 Å². The average Bonchev–Trinajstić information content (AvgIpc) is 2.69. The lowest BCUT2D eigenvalue weighted by atomic mass is 9.69. The second-order valence-electron chi connectivity index (χ2n) is 9.63. The summed E-state index contributed by atoms with van der Waals surface area (Å²) in [5.41, 5.74) is 1.13. The van der Waals surface area contributed by atoms with Gasteiger partial charge >= 0.3 is 11.9 Å². The summed E-state index contributed by atoms with van der Waals surface area (Å²) in [6.07, 6.45) is 1.78. The monoisotopic (exact) mass is 492 g/mol. The van der Waals surface area contributed by atoms with Gasteiger partial charge in [-0.15, -0.1) is 0 Å². The Morgan fingerprint density at radius 3 is 1.48 bits per heavy atom. The molecule has 0 aromatic heterocycles. The van der Waals surface area contributed by atoms with Crippen LogP contribution in [0.1, 0.15) is 64.5 Å². The third-order valence-electron chi connectivity index (χ3n) is 5.30. The first kappa shape index (κ1) is 27.2. The Bertz CT molecular complexity index is 848. The number of halogens is 2. The van der Waals surface area contributed by atoms with Crippen molar-refractivity contribution in [2.75, 3.05) is 0 Å². The van der Waals surface area contributed by atoms with E-state index < -0.39 is 5.41 Å². The number of rotatable bonds is 12. The van der Waals surface area contributed by atoms with E-state index in [-0.39, 0.29) is 38.0 Å². The van der Waals surface area contributed by atoms with E-state index >= 15 is 0 Å². The first-order valence-electron chi connectivity index (χ1n) is 11.4. The number of ether oxygens (including phenoxy) is 2. The molecule has 0 unspecified atom stereocenters. The van der Waals surface area contributed by atoms with Crippen molar-refractivity contribution in [1.29, 1.82) is 0 Å². The van der Waals surface area contributed by atoms with Gasteiger partial charge in [0.2, 0.25) is 0 Å². The second-order valence-corrected chi connectivity index (χ2v) is 10.5. The molecule has 2 aromatic carbocycles. The highest BCUT2D eigenvalue weighted by Crippen LogP contribution is 2.41. The number of carbonyl (C=O) groups excluding carboxylic acids is 2. The molecule has 0 atom stereocenters. The fraction of sp³-hybridized carbons (Fsp3) is 0.481. The van der Waals surface area contributed by atoms with E-state index in [2.05, 4.69) is 27.7 Å². The highest BCUT2D eigenvalue weighted by molar-refractivity contribution is 6.30. The zero-order valence-electron chi connectivity index (χ0n) is 19.9. The summed E-state index contributed by atoms with van der Waals surface area (Å²) in [7, 11) is 0. The number of hydrogen-bond acceptors (Lipinski definition) is 4. The van der Waals surface area contributed by atoms with Crippen LogP contribution in [0.25, 0.3) is 0 Å². The maximum absolute atomic E-state index is 12.9. The molecule has 0 bridgehead atoms. The fourth-order valence-electron chi connectivity index (χ4n) is 4.46. The topological polar surface area (TPSA) is 52.6 Å². The zero-order chi connectivity index (χ0) is 24.4. The van der Waals surface area contributed by atoms with Gasteiger partial charge in [-0.3, -0.25) is 9.59 Å². The van der Waals surface area contributed by atoms with Crippen molar-refractivity contribution in [2.45, 2.75) is 66.6 Å². The van der Waals surface area contributed by atoms with Crippen LogP contribution in [0.3, 0.4) is 0 Å². The Morgan fingerprint density at radius 2 is 1.15 bits per heavy atom. The normalized spacial score (nSPS) is 11.6. The van der Waals surface area contributed by atoms with Crippen LogP contribution >= 0.6 is 23.2 Å². The molecule has 0 heterocycles. The van der Waals surface area contributed by atoms with Gasteiger partial charge in [-0.25, -0.2) is 0 Å². The third kappa shape index (κ3) is 10.2. The van der Waals surface area contributed by atoms with E-state index in [1.807, 2.05) is 24.3 Å². The highest BCUT2D eigenvalue weighted by Gasteiger charge is 2.37. The number of benzene rings is 2. The van der Waals surface area contributed by atoms with Crippen molar-refractivity contribution in [3.63, 3.8) is 0 Å². The van der Waals surface area contributed by atoms with Gasteiger partial charge in [0.25, 0.3) is 0 Å². The molecule has 0 aliphatic carbocycles. The molecule has 6 heteroatoms. The smallest absolute Gasteiger partial charge is 0.306 e. The van der Waals surface area contributed by atoms with E-state index in [0.29, 0.717) is 21.9 Å². The van der Waals surface area contributed by atoms with Crippen LogP contribution in [-0.2, 0) is 32.3 Å². The predicted molar refractivity (Wildman–Crippen MR) is 133 cm³/mol. The summed E-state index contributed by atoms with van der Waals surface area (Å²) in [5, 5.41) is 1.19. The van der Waals surface area contributed by atoms with Crippen molar-refractivity contribution in [3.8, 4) is 0 Å². The van der Waals surface area contributed by atoms with Crippen molar-refractivity contribution in [2.24, 2.45) is 17.3 Å². The van der Waals surface area contributed by atoms with Crippen LogP contribution in [0.2, 0.25) is 10.0 Å². The molecule has 180 valence electrons. The number of hydrogen-bond donors (Lipinski definition) is 0. The molecule has 0 N–H and O–H groups in total. The molecule has 0 saturated heterocycles. The summed E-state index contributed by atoms with van der Waals surface area (Å²) < 4.78 is 11.1. The van der Waals surface area contributed by atoms with E-state index in [0.717, 1.165) is 24.0 Å². The molecule has 0 amide bonds. The van der Waals surface area contributed by atoms with Crippen LogP contribution in [0, 0.1) is 17.3 Å². The molecule has 0 fully saturated rings. The SMILES string of the molecule is CC(C)CC(CC(=O)OCc1cccc(Cl)c1)(CC(=O)OCc1cccc(Cl)c1)CC(C)C. The van der Waals surface area contributed by atoms with Crippen LogP contribution in [-0.4, -0.2) is 11.9 Å². The average molecular weight is 493 g/mol. The third-order valence-corrected chi connectivity index (χ3v) is 5.77. The molecular formula is C27H34Cl2O4. The molecule has 33 heavy (non-hydrogen) atoms. The lowest BCUT2D eigenvalue weighted by Gasteiger charge is -2.35. The lowest BCUT2D eigenvalue weighted by Crippen LogP contribution is -2.32. The van der Waals surface area contributed by atoms with Crippen LogP contribution in [0.5, 0.6) is 0 Å². The van der Waals surface area contributed by atoms with Gasteiger partial charge in [0.05, 0.1) is 12.8 Å². The van der Waals surface area contributed by atoms with Gasteiger partial charge in [0.1, 0.15) is 13.2 Å². The second kappa shape index (κ2) is 13.0. The van der Waals surface area contributed by atoms with Crippen LogP contribution < -0.4 is 0 Å². The Kier molecular flexibility index (Phi) is 10.7. The Hall–Kier alpha value is -2.04. The van der Waals surface area contributed by atoms with Gasteiger partial charge in [-0.05, 0) is 65.5 Å². The van der Waals surface area contributed by atoms with Gasteiger partial charge in [0.15, 0.2) is 0 Å². The molecule has 0 saturated carbocycles. The zero-order valence-corrected chi connectivity index (χ0v) is 21.4. The van der Waals surface area contributed by atoms with Gasteiger partial charge < -0.3 is 9.47 Å². The van der Waals surface area contributed by atoms with Gasteiger partial charge in [-0.1, -0.05) is 75.2 Å². The Morgan fingerprint density at radius 1 is 0.758 bits per heavy atom. The van der Waals surface area contributed by atoms with Crippen molar-refractivity contribution < 1.29 is 19.1 Å². The number of carbonyl (C=O) groups is 2. The highest BCUT2D eigenvalue weighted by atomic mass is 35.5. The van der Waals surface area contributed by atoms with E-state index in [9.17, 15) is 9.59 Å². The molecule has 2 rings (SSSR count). The van der Waals surface area contributed by atoms with Crippen LogP contribution in [0.15, 0.2) is 48.5 Å². The van der Waals surface area contributed by atoms with Gasteiger partial charge in [-0.2, -0.15) is 0 Å². The minimum absolute atomic E-state index is 0.151. The van der Waals surface area contributed by atoms with Gasteiger partial charge in [0, 0.05) is 10.0 Å². The molecule has 2 aromatic rings. The maximum atomic E-state index is 12.9. The molecule has 0 spiro atoms. The minimum atomic E-state index is -0.529. The summed E-state index contributed by atoms with van der Waals surface area (Å²) in [4.78, 5) is 25.7. The standard InChI is InChI=1S/C27H34Cl2O4/c1-19(2)13-27(14-20(3)4,15-25(30)32-17-21-7-5-9-23(28)11-21)16-26(31)33-18-22-8-6-10-24(29)12-22/h5-12,19-20H,13-18H2,1-4H3. The minimum Gasteiger partial charge on any atom is -0.461 e. The van der Waals surface area contributed by atoms with E-state index in [1.54, 1.807) is 24.3 Å². The van der Waals surface area contributed by atoms with Crippen molar-refractivity contribution in [3.05, 3.63) is 69.7 Å². The Labute approximate surface area is 207 Å². The lowest BCUT2D eigenvalue weighted by molar-refractivity contribution is -0.153. The largest absolute Gasteiger partial charge is 0.461 e. The first-order chi connectivity index (χ1) is 15.6. The quantitative estimate of drug-likeness (QED) is 0.285. The fourth-order valence-corrected chi connectivity index (χ4v) is 4.89. The van der Waals surface area contributed by atoms with Crippen LogP contribution in [0.4, 0.5) is 0 Å². The molecular weight excluding hydrogens is 459 g/mol. The predicted octanol–water partition coefficient (Wildman–Crippen LogP) is 7.64. The van der Waals surface area contributed by atoms with Crippen molar-refractivity contribution in [1.82, 2.24) is 0 Å². The molecule has 0 radical (unpaired) electrons. The number of esters is 2. The summed E-state index contributed by atoms with van der Waals surface area (Å²) in [5.74, 6) is -0.0201. The molecule has 0 aliphatic heterocycles. The maximum Gasteiger partial charge on any atom is 0.306 e.